The Morgan fingerprint density at radius 1 is 1.17 bits per heavy atom. The van der Waals surface area contributed by atoms with Gasteiger partial charge in [-0.05, 0) is 63.0 Å². The van der Waals surface area contributed by atoms with Crippen LogP contribution in [-0.4, -0.2) is 52.5 Å². The number of piperidine rings is 1. The molecule has 0 radical (unpaired) electrons. The molecule has 0 saturated carbocycles. The van der Waals surface area contributed by atoms with E-state index in [1.54, 1.807) is 11.1 Å². The monoisotopic (exact) mass is 409 g/mol. The number of hydrogen-bond donors (Lipinski definition) is 0. The number of ether oxygens (including phenoxy) is 2. The van der Waals surface area contributed by atoms with Gasteiger partial charge in [0, 0.05) is 13.1 Å². The van der Waals surface area contributed by atoms with Crippen LogP contribution in [0.4, 0.5) is 4.79 Å². The molecular formula is C23H27N3O4. The zero-order valence-electron chi connectivity index (χ0n) is 17.8. The second kappa shape index (κ2) is 7.31. The summed E-state index contributed by atoms with van der Waals surface area (Å²) in [7, 11) is 1.39. The number of amides is 1. The average molecular weight is 409 g/mol. The molecule has 0 unspecified atom stereocenters. The van der Waals surface area contributed by atoms with Crippen molar-refractivity contribution in [3.8, 4) is 5.69 Å². The van der Waals surface area contributed by atoms with Crippen molar-refractivity contribution in [2.24, 2.45) is 5.41 Å². The number of esters is 1. The summed E-state index contributed by atoms with van der Waals surface area (Å²) in [6, 6.07) is 9.90. The number of methoxy groups -OCH3 is 1. The number of benzene rings is 1. The molecule has 1 saturated heterocycles. The number of nitrogens with zero attached hydrogens (tertiary/aromatic N) is 3. The van der Waals surface area contributed by atoms with Gasteiger partial charge in [-0.25, -0.2) is 9.48 Å². The van der Waals surface area contributed by atoms with Crippen LogP contribution in [0.25, 0.3) is 11.8 Å². The summed E-state index contributed by atoms with van der Waals surface area (Å²) in [4.78, 5) is 27.3. The van der Waals surface area contributed by atoms with E-state index >= 15 is 0 Å². The molecule has 7 nitrogen and oxygen atoms in total. The maximum atomic E-state index is 13.0. The first-order valence-electron chi connectivity index (χ1n) is 10.1. The molecular weight excluding hydrogens is 382 g/mol. The molecule has 2 aromatic rings. The number of carbonyl (C=O) groups excluding carboxylic acids is 2. The van der Waals surface area contributed by atoms with Crippen molar-refractivity contribution in [3.63, 3.8) is 0 Å². The Labute approximate surface area is 176 Å². The Morgan fingerprint density at radius 3 is 2.57 bits per heavy atom. The smallest absolute Gasteiger partial charge is 0.410 e. The van der Waals surface area contributed by atoms with Gasteiger partial charge in [-0.15, -0.1) is 0 Å². The highest BCUT2D eigenvalue weighted by atomic mass is 16.6. The van der Waals surface area contributed by atoms with Crippen molar-refractivity contribution in [2.45, 2.75) is 39.2 Å². The topological polar surface area (TPSA) is 73.7 Å². The number of likely N-dealkylation sites (tertiary alicyclic amines) is 1. The van der Waals surface area contributed by atoms with Gasteiger partial charge >= 0.3 is 12.1 Å². The fourth-order valence-corrected chi connectivity index (χ4v) is 4.27. The highest BCUT2D eigenvalue weighted by Gasteiger charge is 2.51. The summed E-state index contributed by atoms with van der Waals surface area (Å²) < 4.78 is 12.6. The van der Waals surface area contributed by atoms with Crippen molar-refractivity contribution in [1.82, 2.24) is 14.7 Å². The Kier molecular flexibility index (Phi) is 4.92. The van der Waals surface area contributed by atoms with Crippen molar-refractivity contribution < 1.29 is 19.1 Å². The largest absolute Gasteiger partial charge is 0.468 e. The van der Waals surface area contributed by atoms with Crippen molar-refractivity contribution in [1.29, 1.82) is 0 Å². The molecule has 0 bridgehead atoms. The number of fused-ring (bicyclic) bond motifs is 2. The second-order valence-electron chi connectivity index (χ2n) is 8.87. The SMILES string of the molecule is COC(=O)[C@]12Cc3cnn(-c4ccccc4)c3C=C1CCN(C(=O)OC(C)(C)C)C2. The van der Waals surface area contributed by atoms with E-state index < -0.39 is 17.1 Å². The normalized spacial score (nSPS) is 20.7. The first kappa shape index (κ1) is 20.2. The maximum absolute atomic E-state index is 13.0. The summed E-state index contributed by atoms with van der Waals surface area (Å²) in [6.07, 6.45) is 4.45. The van der Waals surface area contributed by atoms with Gasteiger partial charge in [-0.1, -0.05) is 18.2 Å². The summed E-state index contributed by atoms with van der Waals surface area (Å²) in [5.74, 6) is -0.333. The first-order chi connectivity index (χ1) is 14.2. The van der Waals surface area contributed by atoms with E-state index in [0.717, 1.165) is 22.5 Å². The lowest BCUT2D eigenvalue weighted by Crippen LogP contribution is -2.54. The molecule has 2 aliphatic rings. The molecule has 0 spiro atoms. The zero-order valence-corrected chi connectivity index (χ0v) is 17.8. The van der Waals surface area contributed by atoms with E-state index in [0.29, 0.717) is 19.4 Å². The van der Waals surface area contributed by atoms with Crippen LogP contribution in [0.3, 0.4) is 0 Å². The Balaban J connectivity index is 1.70. The fraction of sp³-hybridized carbons (Fsp3) is 0.435. The molecule has 1 aliphatic heterocycles. The molecule has 2 heterocycles. The van der Waals surface area contributed by atoms with Crippen LogP contribution < -0.4 is 0 Å². The number of hydrogen-bond acceptors (Lipinski definition) is 5. The lowest BCUT2D eigenvalue weighted by Gasteiger charge is -2.44. The molecule has 1 atom stereocenters. The molecule has 1 fully saturated rings. The minimum absolute atomic E-state index is 0.233. The molecule has 4 rings (SSSR count). The third kappa shape index (κ3) is 3.49. The maximum Gasteiger partial charge on any atom is 0.410 e. The van der Waals surface area contributed by atoms with Crippen molar-refractivity contribution >= 4 is 18.1 Å². The van der Waals surface area contributed by atoms with Crippen LogP contribution in [0.1, 0.15) is 38.4 Å². The van der Waals surface area contributed by atoms with Crippen LogP contribution in [-0.2, 0) is 20.7 Å². The molecule has 1 aliphatic carbocycles. The second-order valence-corrected chi connectivity index (χ2v) is 8.87. The molecule has 0 N–H and O–H groups in total. The van der Waals surface area contributed by atoms with E-state index in [1.165, 1.54) is 7.11 Å². The first-order valence-corrected chi connectivity index (χ1v) is 10.1. The van der Waals surface area contributed by atoms with E-state index in [-0.39, 0.29) is 12.5 Å². The van der Waals surface area contributed by atoms with Gasteiger partial charge in [0.25, 0.3) is 0 Å². The quantitative estimate of drug-likeness (QED) is 0.709. The fourth-order valence-electron chi connectivity index (χ4n) is 4.27. The summed E-state index contributed by atoms with van der Waals surface area (Å²) in [6.45, 7) is 6.23. The van der Waals surface area contributed by atoms with Gasteiger partial charge in [-0.3, -0.25) is 4.79 Å². The number of rotatable bonds is 2. The van der Waals surface area contributed by atoms with Crippen LogP contribution in [0.2, 0.25) is 0 Å². The lowest BCUT2D eigenvalue weighted by molar-refractivity contribution is -0.152. The Bertz CT molecular complexity index is 1000. The van der Waals surface area contributed by atoms with E-state index in [1.807, 2.05) is 61.9 Å². The summed E-state index contributed by atoms with van der Waals surface area (Å²) in [5, 5.41) is 4.56. The van der Waals surface area contributed by atoms with Crippen LogP contribution in [0, 0.1) is 5.41 Å². The van der Waals surface area contributed by atoms with Gasteiger partial charge < -0.3 is 14.4 Å². The molecule has 1 aromatic heterocycles. The minimum Gasteiger partial charge on any atom is -0.468 e. The van der Waals surface area contributed by atoms with Gasteiger partial charge in [0.05, 0.1) is 24.7 Å². The number of para-hydroxylation sites is 1. The standard InChI is InChI=1S/C23H27N3O4/c1-22(2,3)30-21(28)25-11-10-17-12-19-16(13-23(17,15-25)20(27)29-4)14-24-26(19)18-8-6-5-7-9-18/h5-9,12,14H,10-11,13,15H2,1-4H3/t23-/m0/s1. The summed E-state index contributed by atoms with van der Waals surface area (Å²) in [5.41, 5.74) is 2.36. The number of carbonyl (C=O) groups is 2. The predicted molar refractivity (Wildman–Crippen MR) is 112 cm³/mol. The number of aromatic nitrogens is 2. The van der Waals surface area contributed by atoms with Crippen LogP contribution in [0.5, 0.6) is 0 Å². The highest BCUT2D eigenvalue weighted by Crippen LogP contribution is 2.45. The third-order valence-electron chi connectivity index (χ3n) is 5.64. The summed E-state index contributed by atoms with van der Waals surface area (Å²) >= 11 is 0. The van der Waals surface area contributed by atoms with Gasteiger partial charge in [0.2, 0.25) is 0 Å². The molecule has 1 amide bonds. The lowest BCUT2D eigenvalue weighted by atomic mass is 9.68. The predicted octanol–water partition coefficient (Wildman–Crippen LogP) is 3.61. The Morgan fingerprint density at radius 2 is 1.90 bits per heavy atom. The minimum atomic E-state index is -0.915. The van der Waals surface area contributed by atoms with E-state index in [4.69, 9.17) is 9.47 Å². The zero-order chi connectivity index (χ0) is 21.5. The average Bonchev–Trinajstić information content (AvgIpc) is 3.12. The Hall–Kier alpha value is -3.09. The van der Waals surface area contributed by atoms with Gasteiger partial charge in [-0.2, -0.15) is 5.10 Å². The molecule has 7 heteroatoms. The van der Waals surface area contributed by atoms with Crippen LogP contribution in [0.15, 0.2) is 42.1 Å². The van der Waals surface area contributed by atoms with E-state index in [2.05, 4.69) is 5.10 Å². The third-order valence-corrected chi connectivity index (χ3v) is 5.64. The van der Waals surface area contributed by atoms with Crippen molar-refractivity contribution in [3.05, 3.63) is 53.4 Å². The van der Waals surface area contributed by atoms with E-state index in [9.17, 15) is 9.59 Å². The van der Waals surface area contributed by atoms with Gasteiger partial charge in [0.1, 0.15) is 11.0 Å². The molecule has 30 heavy (non-hydrogen) atoms. The molecule has 1 aromatic carbocycles. The van der Waals surface area contributed by atoms with Crippen molar-refractivity contribution in [2.75, 3.05) is 20.2 Å². The molecule has 158 valence electrons. The van der Waals surface area contributed by atoms with Crippen LogP contribution >= 0.6 is 0 Å². The van der Waals surface area contributed by atoms with Gasteiger partial charge in [0.15, 0.2) is 0 Å². The highest BCUT2D eigenvalue weighted by molar-refractivity contribution is 5.86.